The summed E-state index contributed by atoms with van der Waals surface area (Å²) in [5.41, 5.74) is 9.33. The molecule has 0 spiro atoms. The van der Waals surface area contributed by atoms with Gasteiger partial charge in [0.1, 0.15) is 16.3 Å². The Morgan fingerprint density at radius 3 is 2.63 bits per heavy atom. The Morgan fingerprint density at radius 2 is 2.00 bits per heavy atom. The van der Waals surface area contributed by atoms with Crippen molar-refractivity contribution in [1.29, 1.82) is 0 Å². The molecule has 0 bridgehead atoms. The first-order valence-corrected chi connectivity index (χ1v) is 8.97. The number of nitrogens with two attached hydrogens (primary N) is 1. The summed E-state index contributed by atoms with van der Waals surface area (Å²) in [6, 6.07) is 0. The molecule has 142 valence electrons. The lowest BCUT2D eigenvalue weighted by atomic mass is 10.0. The minimum absolute atomic E-state index is 0.0170. The number of hydrogen-bond donors (Lipinski definition) is 1. The molecule has 0 radical (unpaired) electrons. The molecule has 27 heavy (non-hydrogen) atoms. The molecule has 0 aliphatic rings. The smallest absolute Gasteiger partial charge is 0.223 e. The van der Waals surface area contributed by atoms with Gasteiger partial charge in [0.05, 0.1) is 19.3 Å². The highest BCUT2D eigenvalue weighted by Crippen LogP contribution is 2.26. The van der Waals surface area contributed by atoms with Gasteiger partial charge in [0.2, 0.25) is 5.95 Å². The van der Waals surface area contributed by atoms with Crippen molar-refractivity contribution in [2.45, 2.75) is 40.2 Å². The van der Waals surface area contributed by atoms with Crippen LogP contribution in [0.25, 0.3) is 11.0 Å². The fourth-order valence-electron chi connectivity index (χ4n) is 3.20. The van der Waals surface area contributed by atoms with E-state index in [0.29, 0.717) is 17.8 Å². The summed E-state index contributed by atoms with van der Waals surface area (Å²) in [5.74, 6) is 0.828. The van der Waals surface area contributed by atoms with Crippen molar-refractivity contribution >= 4 is 28.6 Å². The van der Waals surface area contributed by atoms with Crippen LogP contribution in [0.5, 0.6) is 5.75 Å². The van der Waals surface area contributed by atoms with E-state index in [4.69, 9.17) is 22.1 Å². The molecule has 2 N–H and O–H groups in total. The van der Waals surface area contributed by atoms with Crippen molar-refractivity contribution in [3.05, 3.63) is 50.2 Å². The standard InChI is InChI=1S/C19H22ClN5O2/c1-9(2)12-7-25(8-13-11(4)16(27-5)10(3)6-22-13)18-14(15(12)26)17(20)23-19(21)24-18/h6-7,9H,8H2,1-5H3,(H2,21,23,24). The van der Waals surface area contributed by atoms with Crippen molar-refractivity contribution < 1.29 is 4.74 Å². The molecule has 0 aliphatic heterocycles. The maximum atomic E-state index is 12.9. The van der Waals surface area contributed by atoms with Crippen LogP contribution in [0, 0.1) is 13.8 Å². The van der Waals surface area contributed by atoms with E-state index >= 15 is 0 Å². The molecular weight excluding hydrogens is 366 g/mol. The van der Waals surface area contributed by atoms with Crippen molar-refractivity contribution in [3.63, 3.8) is 0 Å². The average molecular weight is 388 g/mol. The summed E-state index contributed by atoms with van der Waals surface area (Å²) in [6.07, 6.45) is 3.57. The SMILES string of the molecule is COc1c(C)cnc(Cn2cc(C(C)C)c(=O)c3c(Cl)nc(N)nc32)c1C. The normalized spacial score (nSPS) is 11.4. The topological polar surface area (TPSA) is 95.9 Å². The van der Waals surface area contributed by atoms with Crippen LogP contribution in [0.4, 0.5) is 5.95 Å². The van der Waals surface area contributed by atoms with Gasteiger partial charge in [-0.2, -0.15) is 4.98 Å². The first-order chi connectivity index (χ1) is 12.7. The van der Waals surface area contributed by atoms with Gasteiger partial charge in [-0.25, -0.2) is 4.98 Å². The maximum absolute atomic E-state index is 12.9. The van der Waals surface area contributed by atoms with Crippen molar-refractivity contribution in [1.82, 2.24) is 19.5 Å². The van der Waals surface area contributed by atoms with Gasteiger partial charge in [-0.1, -0.05) is 25.4 Å². The van der Waals surface area contributed by atoms with Crippen LogP contribution >= 0.6 is 11.6 Å². The maximum Gasteiger partial charge on any atom is 0.223 e. The van der Waals surface area contributed by atoms with Gasteiger partial charge >= 0.3 is 0 Å². The van der Waals surface area contributed by atoms with E-state index in [0.717, 1.165) is 22.6 Å². The predicted octanol–water partition coefficient (Wildman–Crippen LogP) is 3.22. The van der Waals surface area contributed by atoms with Gasteiger partial charge in [0.15, 0.2) is 11.1 Å². The summed E-state index contributed by atoms with van der Waals surface area (Å²) in [7, 11) is 1.64. The second kappa shape index (κ2) is 7.15. The molecule has 0 amide bonds. The first kappa shape index (κ1) is 19.1. The van der Waals surface area contributed by atoms with Crippen LogP contribution in [0.15, 0.2) is 17.2 Å². The Morgan fingerprint density at radius 1 is 1.30 bits per heavy atom. The zero-order valence-corrected chi connectivity index (χ0v) is 16.8. The number of fused-ring (bicyclic) bond motifs is 1. The Hall–Kier alpha value is -2.67. The highest BCUT2D eigenvalue weighted by atomic mass is 35.5. The fourth-order valence-corrected chi connectivity index (χ4v) is 3.45. The molecular formula is C19H22ClN5O2. The molecule has 3 rings (SSSR count). The average Bonchev–Trinajstić information content (AvgIpc) is 2.59. The number of methoxy groups -OCH3 is 1. The lowest BCUT2D eigenvalue weighted by molar-refractivity contribution is 0.406. The third-order valence-corrected chi connectivity index (χ3v) is 4.88. The number of hydrogen-bond acceptors (Lipinski definition) is 6. The Labute approximate surface area is 162 Å². The second-order valence-corrected chi connectivity index (χ2v) is 7.17. The molecule has 0 saturated heterocycles. The molecule has 3 heterocycles. The lowest BCUT2D eigenvalue weighted by Crippen LogP contribution is -2.19. The van der Waals surface area contributed by atoms with Gasteiger partial charge in [-0.05, 0) is 19.8 Å². The van der Waals surface area contributed by atoms with E-state index < -0.39 is 0 Å². The summed E-state index contributed by atoms with van der Waals surface area (Å²) in [6.45, 7) is 8.21. The summed E-state index contributed by atoms with van der Waals surface area (Å²) < 4.78 is 7.34. The third kappa shape index (κ3) is 3.35. The summed E-state index contributed by atoms with van der Waals surface area (Å²) in [4.78, 5) is 25.6. The van der Waals surface area contributed by atoms with Crippen LogP contribution in [0.2, 0.25) is 5.15 Å². The minimum atomic E-state index is -0.174. The molecule has 0 atom stereocenters. The van der Waals surface area contributed by atoms with Gasteiger partial charge in [-0.3, -0.25) is 9.78 Å². The highest BCUT2D eigenvalue weighted by molar-refractivity contribution is 6.34. The van der Waals surface area contributed by atoms with Gasteiger partial charge < -0.3 is 15.0 Å². The summed E-state index contributed by atoms with van der Waals surface area (Å²) >= 11 is 6.24. The number of anilines is 1. The third-order valence-electron chi connectivity index (χ3n) is 4.61. The number of aryl methyl sites for hydroxylation is 1. The van der Waals surface area contributed by atoms with Crippen LogP contribution in [-0.4, -0.2) is 26.6 Å². The van der Waals surface area contributed by atoms with Crippen LogP contribution in [-0.2, 0) is 6.54 Å². The van der Waals surface area contributed by atoms with Crippen LogP contribution < -0.4 is 15.9 Å². The Balaban J connectivity index is 2.29. The molecule has 7 nitrogen and oxygen atoms in total. The van der Waals surface area contributed by atoms with Gasteiger partial charge in [0.25, 0.3) is 0 Å². The van der Waals surface area contributed by atoms with Crippen LogP contribution in [0.3, 0.4) is 0 Å². The van der Waals surface area contributed by atoms with E-state index in [1.165, 1.54) is 0 Å². The van der Waals surface area contributed by atoms with E-state index in [9.17, 15) is 4.79 Å². The Kier molecular flexibility index (Phi) is 5.06. The monoisotopic (exact) mass is 387 g/mol. The number of aromatic nitrogens is 4. The van der Waals surface area contributed by atoms with Crippen molar-refractivity contribution in [2.75, 3.05) is 12.8 Å². The second-order valence-electron chi connectivity index (χ2n) is 6.81. The van der Waals surface area contributed by atoms with E-state index in [2.05, 4.69) is 15.0 Å². The molecule has 0 fully saturated rings. The van der Waals surface area contributed by atoms with Crippen molar-refractivity contribution in [3.8, 4) is 5.75 Å². The zero-order chi connectivity index (χ0) is 19.9. The quantitative estimate of drug-likeness (QED) is 0.690. The highest BCUT2D eigenvalue weighted by Gasteiger charge is 2.18. The number of rotatable bonds is 4. The number of halogens is 1. The fraction of sp³-hybridized carbons (Fsp3) is 0.368. The molecule has 0 saturated carbocycles. The summed E-state index contributed by atoms with van der Waals surface area (Å²) in [5, 5.41) is 0.332. The molecule has 0 aliphatic carbocycles. The van der Waals surface area contributed by atoms with E-state index in [1.54, 1.807) is 19.5 Å². The van der Waals surface area contributed by atoms with E-state index in [1.807, 2.05) is 32.3 Å². The molecule has 3 aromatic rings. The number of ether oxygens (including phenoxy) is 1. The predicted molar refractivity (Wildman–Crippen MR) is 107 cm³/mol. The number of nitrogen functional groups attached to an aromatic ring is 1. The van der Waals surface area contributed by atoms with E-state index in [-0.39, 0.29) is 27.8 Å². The molecule has 3 aromatic heterocycles. The van der Waals surface area contributed by atoms with Crippen LogP contribution in [0.1, 0.15) is 42.1 Å². The number of nitrogens with zero attached hydrogens (tertiary/aromatic N) is 4. The molecule has 8 heteroatoms. The largest absolute Gasteiger partial charge is 0.496 e. The van der Waals surface area contributed by atoms with Gasteiger partial charge in [0, 0.05) is 29.1 Å². The van der Waals surface area contributed by atoms with Gasteiger partial charge in [-0.15, -0.1) is 0 Å². The number of pyridine rings is 2. The molecule has 0 aromatic carbocycles. The lowest BCUT2D eigenvalue weighted by Gasteiger charge is -2.17. The Bertz CT molecular complexity index is 1090. The van der Waals surface area contributed by atoms with Crippen molar-refractivity contribution in [2.24, 2.45) is 0 Å². The zero-order valence-electron chi connectivity index (χ0n) is 16.0. The minimum Gasteiger partial charge on any atom is -0.496 e. The first-order valence-electron chi connectivity index (χ1n) is 8.59. The molecule has 0 unspecified atom stereocenters.